The summed E-state index contributed by atoms with van der Waals surface area (Å²) < 4.78 is 0.817. The number of hydrogen-bond donors (Lipinski definition) is 2. The van der Waals surface area contributed by atoms with E-state index in [1.54, 1.807) is 11.3 Å². The zero-order valence-corrected chi connectivity index (χ0v) is 11.7. The summed E-state index contributed by atoms with van der Waals surface area (Å²) in [5.74, 6) is 0.0719. The average Bonchev–Trinajstić information content (AvgIpc) is 2.71. The Morgan fingerprint density at radius 3 is 2.88 bits per heavy atom. The predicted molar refractivity (Wildman–Crippen MR) is 73.8 cm³/mol. The Morgan fingerprint density at radius 2 is 2.24 bits per heavy atom. The van der Waals surface area contributed by atoms with Gasteiger partial charge in [0.2, 0.25) is 5.91 Å². The zero-order valence-electron chi connectivity index (χ0n) is 10.1. The van der Waals surface area contributed by atoms with Gasteiger partial charge in [0.05, 0.1) is 10.9 Å². The number of thiophene rings is 1. The van der Waals surface area contributed by atoms with E-state index in [0.29, 0.717) is 6.54 Å². The average molecular weight is 275 g/mol. The van der Waals surface area contributed by atoms with Gasteiger partial charge >= 0.3 is 0 Å². The highest BCUT2D eigenvalue weighted by molar-refractivity contribution is 7.16. The van der Waals surface area contributed by atoms with Crippen LogP contribution in [0.4, 0.5) is 0 Å². The fourth-order valence-electron chi connectivity index (χ4n) is 1.37. The molecule has 96 valence electrons. The van der Waals surface area contributed by atoms with E-state index in [1.165, 1.54) is 4.88 Å². The number of carbonyl (C=O) groups is 1. The van der Waals surface area contributed by atoms with Crippen LogP contribution in [0.3, 0.4) is 0 Å². The largest absolute Gasteiger partial charge is 0.355 e. The van der Waals surface area contributed by atoms with Crippen molar-refractivity contribution in [1.29, 1.82) is 0 Å². The van der Waals surface area contributed by atoms with E-state index in [9.17, 15) is 4.79 Å². The van der Waals surface area contributed by atoms with E-state index in [0.717, 1.165) is 36.7 Å². The number of halogens is 1. The molecule has 0 aliphatic rings. The molecule has 1 aromatic heterocycles. The first kappa shape index (κ1) is 14.5. The van der Waals surface area contributed by atoms with Gasteiger partial charge in [-0.3, -0.25) is 4.79 Å². The lowest BCUT2D eigenvalue weighted by Crippen LogP contribution is -2.35. The number of hydrogen-bond acceptors (Lipinski definition) is 3. The van der Waals surface area contributed by atoms with E-state index in [4.69, 9.17) is 11.6 Å². The Bertz CT molecular complexity index is 341. The van der Waals surface area contributed by atoms with Crippen LogP contribution in [-0.2, 0) is 11.2 Å². The SMILES string of the molecule is CCCCNC(=O)CNCCc1ccc(Cl)s1. The van der Waals surface area contributed by atoms with Gasteiger partial charge in [-0.2, -0.15) is 0 Å². The molecule has 0 aromatic carbocycles. The molecule has 0 radical (unpaired) electrons. The van der Waals surface area contributed by atoms with Crippen LogP contribution in [0.1, 0.15) is 24.6 Å². The third-order valence-corrected chi connectivity index (χ3v) is 3.61. The van der Waals surface area contributed by atoms with Crippen LogP contribution in [0.2, 0.25) is 4.34 Å². The quantitative estimate of drug-likeness (QED) is 0.715. The van der Waals surface area contributed by atoms with Gasteiger partial charge in [-0.25, -0.2) is 0 Å². The van der Waals surface area contributed by atoms with E-state index < -0.39 is 0 Å². The van der Waals surface area contributed by atoms with E-state index in [-0.39, 0.29) is 5.91 Å². The lowest BCUT2D eigenvalue weighted by atomic mass is 10.3. The predicted octanol–water partition coefficient (Wildman–Crippen LogP) is 2.45. The molecule has 0 unspecified atom stereocenters. The second kappa shape index (κ2) is 8.50. The Morgan fingerprint density at radius 1 is 1.41 bits per heavy atom. The first-order valence-corrected chi connectivity index (χ1v) is 7.13. The van der Waals surface area contributed by atoms with Gasteiger partial charge in [0.25, 0.3) is 0 Å². The summed E-state index contributed by atoms with van der Waals surface area (Å²) in [5.41, 5.74) is 0. The van der Waals surface area contributed by atoms with Crippen molar-refractivity contribution in [3.8, 4) is 0 Å². The maximum atomic E-state index is 11.3. The maximum absolute atomic E-state index is 11.3. The molecule has 0 aliphatic heterocycles. The van der Waals surface area contributed by atoms with Crippen LogP contribution in [0.15, 0.2) is 12.1 Å². The van der Waals surface area contributed by atoms with Gasteiger partial charge < -0.3 is 10.6 Å². The molecule has 1 aromatic rings. The van der Waals surface area contributed by atoms with Crippen LogP contribution in [0.5, 0.6) is 0 Å². The summed E-state index contributed by atoms with van der Waals surface area (Å²) in [5, 5.41) is 5.99. The molecule has 0 atom stereocenters. The minimum absolute atomic E-state index is 0.0719. The van der Waals surface area contributed by atoms with Crippen molar-refractivity contribution in [1.82, 2.24) is 10.6 Å². The third-order valence-electron chi connectivity index (χ3n) is 2.32. The highest BCUT2D eigenvalue weighted by atomic mass is 35.5. The van der Waals surface area contributed by atoms with Crippen molar-refractivity contribution >= 4 is 28.8 Å². The lowest BCUT2D eigenvalue weighted by Gasteiger charge is -2.05. The first-order chi connectivity index (χ1) is 8.22. The number of nitrogens with one attached hydrogen (secondary N) is 2. The van der Waals surface area contributed by atoms with Gasteiger partial charge in [-0.15, -0.1) is 11.3 Å². The van der Waals surface area contributed by atoms with Crippen molar-refractivity contribution in [2.75, 3.05) is 19.6 Å². The van der Waals surface area contributed by atoms with Crippen molar-refractivity contribution < 1.29 is 4.79 Å². The molecule has 0 spiro atoms. The standard InChI is InChI=1S/C12H19ClN2OS/c1-2-3-7-15-12(16)9-14-8-6-10-4-5-11(13)17-10/h4-5,14H,2-3,6-9H2,1H3,(H,15,16). The first-order valence-electron chi connectivity index (χ1n) is 5.94. The number of rotatable bonds is 8. The van der Waals surface area contributed by atoms with Crippen molar-refractivity contribution in [2.45, 2.75) is 26.2 Å². The van der Waals surface area contributed by atoms with E-state index in [1.807, 2.05) is 12.1 Å². The molecule has 0 saturated carbocycles. The second-order valence-electron chi connectivity index (χ2n) is 3.84. The van der Waals surface area contributed by atoms with Crippen molar-refractivity contribution in [3.05, 3.63) is 21.3 Å². The van der Waals surface area contributed by atoms with Gasteiger partial charge in [-0.1, -0.05) is 24.9 Å². The number of carbonyl (C=O) groups excluding carboxylic acids is 1. The molecule has 1 rings (SSSR count). The summed E-state index contributed by atoms with van der Waals surface area (Å²) in [4.78, 5) is 12.6. The Labute approximate surface area is 112 Å². The molecular weight excluding hydrogens is 256 g/mol. The molecule has 0 saturated heterocycles. The molecule has 5 heteroatoms. The molecule has 17 heavy (non-hydrogen) atoms. The summed E-state index contributed by atoms with van der Waals surface area (Å²) in [6.07, 6.45) is 3.06. The Kier molecular flexibility index (Phi) is 7.24. The van der Waals surface area contributed by atoms with E-state index >= 15 is 0 Å². The number of unbranched alkanes of at least 4 members (excludes halogenated alkanes) is 1. The monoisotopic (exact) mass is 274 g/mol. The van der Waals surface area contributed by atoms with Crippen LogP contribution in [-0.4, -0.2) is 25.5 Å². The molecule has 0 fully saturated rings. The fourth-order valence-corrected chi connectivity index (χ4v) is 2.45. The van der Waals surface area contributed by atoms with Crippen LogP contribution in [0.25, 0.3) is 0 Å². The molecule has 1 heterocycles. The topological polar surface area (TPSA) is 41.1 Å². The highest BCUT2D eigenvalue weighted by Gasteiger charge is 2.00. The molecule has 2 N–H and O–H groups in total. The van der Waals surface area contributed by atoms with Gasteiger partial charge in [-0.05, 0) is 25.0 Å². The normalized spacial score (nSPS) is 10.5. The second-order valence-corrected chi connectivity index (χ2v) is 5.64. The van der Waals surface area contributed by atoms with Crippen LogP contribution >= 0.6 is 22.9 Å². The van der Waals surface area contributed by atoms with Crippen molar-refractivity contribution in [2.24, 2.45) is 0 Å². The zero-order chi connectivity index (χ0) is 12.5. The lowest BCUT2D eigenvalue weighted by molar-refractivity contribution is -0.120. The summed E-state index contributed by atoms with van der Waals surface area (Å²) in [7, 11) is 0. The molecule has 0 aliphatic carbocycles. The van der Waals surface area contributed by atoms with Crippen LogP contribution in [0, 0.1) is 0 Å². The minimum Gasteiger partial charge on any atom is -0.355 e. The summed E-state index contributed by atoms with van der Waals surface area (Å²) in [6, 6.07) is 3.93. The maximum Gasteiger partial charge on any atom is 0.233 e. The summed E-state index contributed by atoms with van der Waals surface area (Å²) in [6.45, 7) is 4.08. The van der Waals surface area contributed by atoms with Crippen molar-refractivity contribution in [3.63, 3.8) is 0 Å². The van der Waals surface area contributed by atoms with Gasteiger partial charge in [0, 0.05) is 18.0 Å². The van der Waals surface area contributed by atoms with Crippen LogP contribution < -0.4 is 10.6 Å². The van der Waals surface area contributed by atoms with Gasteiger partial charge in [0.1, 0.15) is 0 Å². The van der Waals surface area contributed by atoms with E-state index in [2.05, 4.69) is 17.6 Å². The Hall–Kier alpha value is -0.580. The smallest absolute Gasteiger partial charge is 0.233 e. The molecule has 1 amide bonds. The molecule has 0 bridgehead atoms. The Balaban J connectivity index is 2.02. The molecule has 3 nitrogen and oxygen atoms in total. The third kappa shape index (κ3) is 6.66. The van der Waals surface area contributed by atoms with Gasteiger partial charge in [0.15, 0.2) is 0 Å². The fraction of sp³-hybridized carbons (Fsp3) is 0.583. The number of amides is 1. The molecular formula is C12H19ClN2OS. The highest BCUT2D eigenvalue weighted by Crippen LogP contribution is 2.21. The summed E-state index contributed by atoms with van der Waals surface area (Å²) >= 11 is 7.42. The minimum atomic E-state index is 0.0719.